The van der Waals surface area contributed by atoms with E-state index in [1.807, 2.05) is 30.9 Å². The number of hydrogen-bond acceptors (Lipinski definition) is 2. The summed E-state index contributed by atoms with van der Waals surface area (Å²) in [7, 11) is 0. The average Bonchev–Trinajstić information content (AvgIpc) is 2.65. The summed E-state index contributed by atoms with van der Waals surface area (Å²) < 4.78 is 0. The molecule has 0 saturated carbocycles. The molecule has 0 aliphatic carbocycles. The maximum Gasteiger partial charge on any atom is 0.263 e. The lowest BCUT2D eigenvalue weighted by molar-refractivity contribution is 0.0769. The molecule has 0 aromatic carbocycles. The van der Waals surface area contributed by atoms with Gasteiger partial charge in [-0.05, 0) is 32.4 Å². The Hall–Kier alpha value is -0.540. The maximum atomic E-state index is 12.0. The second-order valence-electron chi connectivity index (χ2n) is 3.34. The van der Waals surface area contributed by atoms with E-state index in [-0.39, 0.29) is 5.91 Å². The summed E-state index contributed by atoms with van der Waals surface area (Å²) in [4.78, 5) is 15.8. The molecule has 0 fully saturated rings. The predicted octanol–water partition coefficient (Wildman–Crippen LogP) is 3.15. The molecule has 1 rings (SSSR count). The molecule has 0 N–H and O–H groups in total. The van der Waals surface area contributed by atoms with Crippen molar-refractivity contribution in [2.45, 2.75) is 20.3 Å². The van der Waals surface area contributed by atoms with Crippen LogP contribution >= 0.6 is 22.9 Å². The zero-order valence-electron chi connectivity index (χ0n) is 9.12. The molecule has 2 nitrogen and oxygen atoms in total. The Morgan fingerprint density at radius 2 is 2.27 bits per heavy atom. The van der Waals surface area contributed by atoms with E-state index in [0.717, 1.165) is 24.4 Å². The van der Waals surface area contributed by atoms with Gasteiger partial charge in [0.25, 0.3) is 5.91 Å². The fourth-order valence-corrected chi connectivity index (χ4v) is 2.31. The van der Waals surface area contributed by atoms with Crippen molar-refractivity contribution in [2.24, 2.45) is 0 Å². The van der Waals surface area contributed by atoms with E-state index in [4.69, 9.17) is 11.6 Å². The average molecular weight is 246 g/mol. The zero-order chi connectivity index (χ0) is 11.3. The summed E-state index contributed by atoms with van der Waals surface area (Å²) in [6.07, 6.45) is 0.853. The van der Waals surface area contributed by atoms with E-state index < -0.39 is 0 Å². The van der Waals surface area contributed by atoms with Crippen LogP contribution in [0.4, 0.5) is 0 Å². The molecule has 0 saturated heterocycles. The van der Waals surface area contributed by atoms with Gasteiger partial charge in [0, 0.05) is 23.8 Å². The van der Waals surface area contributed by atoms with Crippen LogP contribution in [0.1, 0.15) is 27.9 Å². The molecule has 0 atom stereocenters. The third-order valence-corrected chi connectivity index (χ3v) is 3.44. The van der Waals surface area contributed by atoms with Gasteiger partial charge in [0.15, 0.2) is 0 Å². The van der Waals surface area contributed by atoms with Crippen molar-refractivity contribution in [1.82, 2.24) is 4.90 Å². The van der Waals surface area contributed by atoms with Crippen molar-refractivity contribution in [3.05, 3.63) is 21.9 Å². The largest absolute Gasteiger partial charge is 0.338 e. The molecule has 1 aromatic heterocycles. The van der Waals surface area contributed by atoms with Crippen LogP contribution in [0, 0.1) is 6.92 Å². The molecule has 0 aliphatic heterocycles. The molecule has 84 valence electrons. The van der Waals surface area contributed by atoms with E-state index in [9.17, 15) is 4.79 Å². The SMILES string of the molecule is CCN(CCCCl)C(=O)c1ccc(C)s1. The zero-order valence-corrected chi connectivity index (χ0v) is 10.7. The van der Waals surface area contributed by atoms with Gasteiger partial charge in [0.05, 0.1) is 4.88 Å². The van der Waals surface area contributed by atoms with Gasteiger partial charge in [-0.3, -0.25) is 4.79 Å². The lowest BCUT2D eigenvalue weighted by atomic mass is 10.3. The van der Waals surface area contributed by atoms with Crippen LogP contribution in [0.5, 0.6) is 0 Å². The standard InChI is InChI=1S/C11H16ClNOS/c1-3-13(8-4-7-12)11(14)10-6-5-9(2)15-10/h5-6H,3-4,7-8H2,1-2H3. The van der Waals surface area contributed by atoms with Crippen LogP contribution in [0.3, 0.4) is 0 Å². The number of thiophene rings is 1. The number of nitrogens with zero attached hydrogens (tertiary/aromatic N) is 1. The number of carbonyl (C=O) groups is 1. The number of rotatable bonds is 5. The number of halogens is 1. The highest BCUT2D eigenvalue weighted by atomic mass is 35.5. The van der Waals surface area contributed by atoms with Gasteiger partial charge in [0.1, 0.15) is 0 Å². The minimum atomic E-state index is 0.126. The minimum absolute atomic E-state index is 0.126. The van der Waals surface area contributed by atoms with Gasteiger partial charge in [0.2, 0.25) is 0 Å². The molecule has 0 bridgehead atoms. The van der Waals surface area contributed by atoms with Crippen molar-refractivity contribution in [3.63, 3.8) is 0 Å². The van der Waals surface area contributed by atoms with Crippen molar-refractivity contribution < 1.29 is 4.79 Å². The summed E-state index contributed by atoms with van der Waals surface area (Å²) in [6.45, 7) is 5.49. The number of amides is 1. The second-order valence-corrected chi connectivity index (χ2v) is 5.00. The number of alkyl halides is 1. The Labute approximate surface area is 99.9 Å². The fourth-order valence-electron chi connectivity index (χ4n) is 1.36. The fraction of sp³-hybridized carbons (Fsp3) is 0.545. The quantitative estimate of drug-likeness (QED) is 0.730. The van der Waals surface area contributed by atoms with Crippen LogP contribution in [-0.4, -0.2) is 29.8 Å². The highest BCUT2D eigenvalue weighted by Crippen LogP contribution is 2.17. The highest BCUT2D eigenvalue weighted by Gasteiger charge is 2.14. The lowest BCUT2D eigenvalue weighted by Crippen LogP contribution is -2.31. The maximum absolute atomic E-state index is 12.0. The van der Waals surface area contributed by atoms with Crippen molar-refractivity contribution in [1.29, 1.82) is 0 Å². The van der Waals surface area contributed by atoms with Gasteiger partial charge in [-0.25, -0.2) is 0 Å². The molecule has 0 spiro atoms. The second kappa shape index (κ2) is 6.13. The molecule has 1 amide bonds. The van der Waals surface area contributed by atoms with Crippen LogP contribution in [-0.2, 0) is 0 Å². The summed E-state index contributed by atoms with van der Waals surface area (Å²) >= 11 is 7.17. The third-order valence-electron chi connectivity index (χ3n) is 2.18. The Balaban J connectivity index is 2.64. The first kappa shape index (κ1) is 12.5. The van der Waals surface area contributed by atoms with Crippen molar-refractivity contribution in [3.8, 4) is 0 Å². The Kier molecular flexibility index (Phi) is 5.12. The third kappa shape index (κ3) is 3.50. The van der Waals surface area contributed by atoms with Crippen molar-refractivity contribution in [2.75, 3.05) is 19.0 Å². The van der Waals surface area contributed by atoms with Crippen LogP contribution in [0.25, 0.3) is 0 Å². The first-order chi connectivity index (χ1) is 7.19. The van der Waals surface area contributed by atoms with Crippen LogP contribution < -0.4 is 0 Å². The lowest BCUT2D eigenvalue weighted by Gasteiger charge is -2.19. The van der Waals surface area contributed by atoms with Gasteiger partial charge in [-0.1, -0.05) is 0 Å². The minimum Gasteiger partial charge on any atom is -0.338 e. The molecule has 0 unspecified atom stereocenters. The molecular formula is C11H16ClNOS. The Morgan fingerprint density at radius 3 is 2.73 bits per heavy atom. The van der Waals surface area contributed by atoms with E-state index in [0.29, 0.717) is 5.88 Å². The van der Waals surface area contributed by atoms with Crippen LogP contribution in [0.15, 0.2) is 12.1 Å². The van der Waals surface area contributed by atoms with Gasteiger partial charge in [-0.15, -0.1) is 22.9 Å². The predicted molar refractivity (Wildman–Crippen MR) is 66.0 cm³/mol. The molecule has 15 heavy (non-hydrogen) atoms. The molecule has 0 aliphatic rings. The number of carbonyl (C=O) groups excluding carboxylic acids is 1. The van der Waals surface area contributed by atoms with E-state index in [2.05, 4.69) is 0 Å². The normalized spacial score (nSPS) is 10.3. The summed E-state index contributed by atoms with van der Waals surface area (Å²) in [5.41, 5.74) is 0. The number of hydrogen-bond donors (Lipinski definition) is 0. The first-order valence-corrected chi connectivity index (χ1v) is 6.45. The number of aryl methyl sites for hydroxylation is 1. The summed E-state index contributed by atoms with van der Waals surface area (Å²) in [5.74, 6) is 0.730. The summed E-state index contributed by atoms with van der Waals surface area (Å²) in [6, 6.07) is 3.87. The molecule has 1 heterocycles. The highest BCUT2D eigenvalue weighted by molar-refractivity contribution is 7.13. The van der Waals surface area contributed by atoms with Crippen molar-refractivity contribution >= 4 is 28.8 Å². The van der Waals surface area contributed by atoms with E-state index in [1.165, 1.54) is 4.88 Å². The van der Waals surface area contributed by atoms with Crippen LogP contribution in [0.2, 0.25) is 0 Å². The molecular weight excluding hydrogens is 230 g/mol. The summed E-state index contributed by atoms with van der Waals surface area (Å²) in [5, 5.41) is 0. The van der Waals surface area contributed by atoms with Gasteiger partial charge >= 0.3 is 0 Å². The van der Waals surface area contributed by atoms with E-state index in [1.54, 1.807) is 11.3 Å². The topological polar surface area (TPSA) is 20.3 Å². The van der Waals surface area contributed by atoms with Gasteiger partial charge < -0.3 is 4.90 Å². The Bertz CT molecular complexity index is 324. The molecule has 4 heteroatoms. The first-order valence-electron chi connectivity index (χ1n) is 5.10. The monoisotopic (exact) mass is 245 g/mol. The molecule has 0 radical (unpaired) electrons. The van der Waals surface area contributed by atoms with E-state index >= 15 is 0 Å². The molecule has 1 aromatic rings. The van der Waals surface area contributed by atoms with Gasteiger partial charge in [-0.2, -0.15) is 0 Å². The Morgan fingerprint density at radius 1 is 1.53 bits per heavy atom. The smallest absolute Gasteiger partial charge is 0.263 e.